The zero-order valence-electron chi connectivity index (χ0n) is 10.9. The Balaban J connectivity index is 2.09. The lowest BCUT2D eigenvalue weighted by Crippen LogP contribution is -1.84. The van der Waals surface area contributed by atoms with Crippen molar-refractivity contribution in [1.29, 1.82) is 0 Å². The molecule has 2 aromatic carbocycles. The van der Waals surface area contributed by atoms with Gasteiger partial charge >= 0.3 is 0 Å². The van der Waals surface area contributed by atoms with Gasteiger partial charge in [0.25, 0.3) is 0 Å². The van der Waals surface area contributed by atoms with E-state index in [1.165, 1.54) is 12.1 Å². The molecule has 21 heavy (non-hydrogen) atoms. The standard InChI is InChI=1S/C17H10ClFN2/c18-11-3-1-2-10(8-11)16-17-13(6-7-20-16)14-9-12(19)4-5-15(14)21-17/h1-9,21H. The lowest BCUT2D eigenvalue weighted by atomic mass is 10.1. The third-order valence-electron chi connectivity index (χ3n) is 3.58. The first-order valence-corrected chi connectivity index (χ1v) is 6.92. The second-order valence-corrected chi connectivity index (χ2v) is 5.34. The Kier molecular flexibility index (Phi) is 2.69. The van der Waals surface area contributed by atoms with Crippen molar-refractivity contribution >= 4 is 33.4 Å². The van der Waals surface area contributed by atoms with Crippen LogP contribution in [-0.2, 0) is 0 Å². The molecule has 102 valence electrons. The summed E-state index contributed by atoms with van der Waals surface area (Å²) in [5.41, 5.74) is 3.52. The highest BCUT2D eigenvalue weighted by Crippen LogP contribution is 2.32. The third-order valence-corrected chi connectivity index (χ3v) is 3.82. The maximum atomic E-state index is 13.5. The quantitative estimate of drug-likeness (QED) is 0.515. The number of pyridine rings is 1. The van der Waals surface area contributed by atoms with Crippen molar-refractivity contribution in [1.82, 2.24) is 9.97 Å². The van der Waals surface area contributed by atoms with E-state index in [-0.39, 0.29) is 5.82 Å². The molecule has 4 aromatic rings. The van der Waals surface area contributed by atoms with E-state index in [4.69, 9.17) is 11.6 Å². The van der Waals surface area contributed by atoms with E-state index in [0.29, 0.717) is 5.02 Å². The fraction of sp³-hybridized carbons (Fsp3) is 0. The molecule has 1 N–H and O–H groups in total. The molecule has 0 bridgehead atoms. The molecule has 0 unspecified atom stereocenters. The van der Waals surface area contributed by atoms with Crippen molar-refractivity contribution in [3.8, 4) is 11.3 Å². The SMILES string of the molecule is Fc1ccc2[nH]c3c(-c4cccc(Cl)c4)nccc3c2c1. The summed E-state index contributed by atoms with van der Waals surface area (Å²) in [6, 6.07) is 14.2. The number of benzene rings is 2. The van der Waals surface area contributed by atoms with E-state index in [2.05, 4.69) is 9.97 Å². The van der Waals surface area contributed by atoms with Gasteiger partial charge in [-0.15, -0.1) is 0 Å². The molecular formula is C17H10ClFN2. The highest BCUT2D eigenvalue weighted by Gasteiger charge is 2.11. The van der Waals surface area contributed by atoms with Crippen LogP contribution >= 0.6 is 11.6 Å². The van der Waals surface area contributed by atoms with Crippen molar-refractivity contribution in [3.05, 3.63) is 65.6 Å². The summed E-state index contributed by atoms with van der Waals surface area (Å²) in [6.45, 7) is 0. The van der Waals surface area contributed by atoms with E-state index in [1.54, 1.807) is 12.3 Å². The van der Waals surface area contributed by atoms with E-state index in [9.17, 15) is 4.39 Å². The lowest BCUT2D eigenvalue weighted by Gasteiger charge is -2.03. The summed E-state index contributed by atoms with van der Waals surface area (Å²) in [7, 11) is 0. The predicted octanol–water partition coefficient (Wildman–Crippen LogP) is 5.18. The summed E-state index contributed by atoms with van der Waals surface area (Å²) in [5, 5.41) is 2.47. The van der Waals surface area contributed by atoms with Crippen molar-refractivity contribution in [3.63, 3.8) is 0 Å². The van der Waals surface area contributed by atoms with Crippen LogP contribution in [0.5, 0.6) is 0 Å². The first-order valence-electron chi connectivity index (χ1n) is 6.54. The van der Waals surface area contributed by atoms with E-state index in [0.717, 1.165) is 33.1 Å². The van der Waals surface area contributed by atoms with Crippen LogP contribution in [0.4, 0.5) is 4.39 Å². The molecule has 4 rings (SSSR count). The Morgan fingerprint density at radius 1 is 1.00 bits per heavy atom. The summed E-state index contributed by atoms with van der Waals surface area (Å²) in [4.78, 5) is 7.77. The Labute approximate surface area is 125 Å². The molecule has 0 saturated heterocycles. The van der Waals surface area contributed by atoms with Gasteiger partial charge in [0.05, 0.1) is 11.2 Å². The van der Waals surface area contributed by atoms with Gasteiger partial charge in [0.2, 0.25) is 0 Å². The maximum Gasteiger partial charge on any atom is 0.123 e. The third kappa shape index (κ3) is 1.98. The minimum absolute atomic E-state index is 0.246. The number of nitrogens with one attached hydrogen (secondary N) is 1. The molecule has 0 aliphatic rings. The fourth-order valence-corrected chi connectivity index (χ4v) is 2.84. The van der Waals surface area contributed by atoms with Crippen LogP contribution in [0.3, 0.4) is 0 Å². The Bertz CT molecular complexity index is 975. The lowest BCUT2D eigenvalue weighted by molar-refractivity contribution is 0.630. The van der Waals surface area contributed by atoms with Crippen LogP contribution in [0.15, 0.2) is 54.7 Å². The summed E-state index contributed by atoms with van der Waals surface area (Å²) in [5.74, 6) is -0.246. The van der Waals surface area contributed by atoms with Crippen LogP contribution in [0.1, 0.15) is 0 Å². The molecule has 2 nitrogen and oxygen atoms in total. The number of nitrogens with zero attached hydrogens (tertiary/aromatic N) is 1. The summed E-state index contributed by atoms with van der Waals surface area (Å²) >= 11 is 6.06. The van der Waals surface area contributed by atoms with Gasteiger partial charge in [0.1, 0.15) is 5.82 Å². The number of rotatable bonds is 1. The van der Waals surface area contributed by atoms with E-state index in [1.807, 2.05) is 30.3 Å². The molecule has 0 saturated carbocycles. The zero-order chi connectivity index (χ0) is 14.4. The zero-order valence-corrected chi connectivity index (χ0v) is 11.7. The molecule has 0 fully saturated rings. The maximum absolute atomic E-state index is 13.5. The van der Waals surface area contributed by atoms with Gasteiger partial charge < -0.3 is 4.98 Å². The van der Waals surface area contributed by atoms with Crippen molar-refractivity contribution in [2.45, 2.75) is 0 Å². The minimum atomic E-state index is -0.246. The number of fused-ring (bicyclic) bond motifs is 3. The molecule has 0 amide bonds. The van der Waals surface area contributed by atoms with Gasteiger partial charge in [-0.3, -0.25) is 4.98 Å². The van der Waals surface area contributed by atoms with Gasteiger partial charge in [-0.1, -0.05) is 23.7 Å². The number of hydrogen-bond acceptors (Lipinski definition) is 1. The van der Waals surface area contributed by atoms with Crippen LogP contribution in [0.2, 0.25) is 5.02 Å². The normalized spacial score (nSPS) is 11.3. The number of hydrogen-bond donors (Lipinski definition) is 1. The van der Waals surface area contributed by atoms with Crippen molar-refractivity contribution in [2.24, 2.45) is 0 Å². The number of H-pyrrole nitrogens is 1. The molecule has 0 spiro atoms. The topological polar surface area (TPSA) is 28.7 Å². The van der Waals surface area contributed by atoms with Gasteiger partial charge in [-0.05, 0) is 36.4 Å². The average molecular weight is 297 g/mol. The van der Waals surface area contributed by atoms with Gasteiger partial charge in [0, 0.05) is 33.1 Å². The summed E-state index contributed by atoms with van der Waals surface area (Å²) in [6.07, 6.45) is 1.73. The van der Waals surface area contributed by atoms with Gasteiger partial charge in [-0.25, -0.2) is 4.39 Å². The van der Waals surface area contributed by atoms with Crippen LogP contribution in [-0.4, -0.2) is 9.97 Å². The largest absolute Gasteiger partial charge is 0.353 e. The molecule has 0 aliphatic heterocycles. The number of aromatic amines is 1. The van der Waals surface area contributed by atoms with Gasteiger partial charge in [-0.2, -0.15) is 0 Å². The van der Waals surface area contributed by atoms with E-state index >= 15 is 0 Å². The number of halogens is 2. The smallest absolute Gasteiger partial charge is 0.123 e. The predicted molar refractivity (Wildman–Crippen MR) is 84.0 cm³/mol. The van der Waals surface area contributed by atoms with E-state index < -0.39 is 0 Å². The molecule has 0 radical (unpaired) electrons. The number of aromatic nitrogens is 2. The molecule has 2 aromatic heterocycles. The van der Waals surface area contributed by atoms with Gasteiger partial charge in [0.15, 0.2) is 0 Å². The molecule has 0 aliphatic carbocycles. The average Bonchev–Trinajstić information content (AvgIpc) is 2.85. The second kappa shape index (κ2) is 4.57. The minimum Gasteiger partial charge on any atom is -0.353 e. The first-order chi connectivity index (χ1) is 10.2. The second-order valence-electron chi connectivity index (χ2n) is 4.91. The van der Waals surface area contributed by atoms with Crippen molar-refractivity contribution in [2.75, 3.05) is 0 Å². The molecule has 0 atom stereocenters. The molecular weight excluding hydrogens is 287 g/mol. The highest BCUT2D eigenvalue weighted by atomic mass is 35.5. The fourth-order valence-electron chi connectivity index (χ4n) is 2.65. The Morgan fingerprint density at radius 2 is 1.90 bits per heavy atom. The Hall–Kier alpha value is -2.39. The summed E-state index contributed by atoms with van der Waals surface area (Å²) < 4.78 is 13.5. The van der Waals surface area contributed by atoms with Crippen LogP contribution in [0, 0.1) is 5.82 Å². The van der Waals surface area contributed by atoms with Crippen LogP contribution < -0.4 is 0 Å². The molecule has 2 heterocycles. The Morgan fingerprint density at radius 3 is 2.76 bits per heavy atom. The van der Waals surface area contributed by atoms with Crippen molar-refractivity contribution < 1.29 is 4.39 Å². The molecule has 4 heteroatoms. The first kappa shape index (κ1) is 12.4. The van der Waals surface area contributed by atoms with Crippen LogP contribution in [0.25, 0.3) is 33.1 Å². The monoisotopic (exact) mass is 296 g/mol. The highest BCUT2D eigenvalue weighted by molar-refractivity contribution is 6.30.